The van der Waals surface area contributed by atoms with Crippen LogP contribution < -0.4 is 0 Å². The molecule has 22 heavy (non-hydrogen) atoms. The predicted octanol–water partition coefficient (Wildman–Crippen LogP) is 2.42. The van der Waals surface area contributed by atoms with E-state index in [0.29, 0.717) is 24.0 Å². The summed E-state index contributed by atoms with van der Waals surface area (Å²) in [7, 11) is 0. The summed E-state index contributed by atoms with van der Waals surface area (Å²) in [4.78, 5) is 35.5. The molecule has 2 aliphatic rings. The van der Waals surface area contributed by atoms with Crippen molar-refractivity contribution in [2.75, 3.05) is 0 Å². The van der Waals surface area contributed by atoms with Gasteiger partial charge in [-0.25, -0.2) is 4.79 Å². The third kappa shape index (κ3) is 2.45. The van der Waals surface area contributed by atoms with Crippen molar-refractivity contribution in [2.24, 2.45) is 11.8 Å². The Balaban J connectivity index is 2.02. The SMILES string of the molecule is O=C=C1CC=C2CC(=O)C=CC2C1C(=O)c1ccc(O)cc1. The van der Waals surface area contributed by atoms with Gasteiger partial charge in [0, 0.05) is 23.5 Å². The van der Waals surface area contributed by atoms with E-state index in [1.54, 1.807) is 6.08 Å². The first-order chi connectivity index (χ1) is 10.6. The second-order valence-electron chi connectivity index (χ2n) is 5.53. The molecule has 0 aromatic heterocycles. The Hall–Kier alpha value is -2.71. The zero-order valence-electron chi connectivity index (χ0n) is 11.8. The fraction of sp³-hybridized carbons (Fsp3) is 0.222. The van der Waals surface area contributed by atoms with Crippen molar-refractivity contribution in [3.8, 4) is 5.75 Å². The summed E-state index contributed by atoms with van der Waals surface area (Å²) in [5, 5.41) is 9.33. The van der Waals surface area contributed by atoms with Crippen LogP contribution in [0.4, 0.5) is 0 Å². The van der Waals surface area contributed by atoms with Gasteiger partial charge in [0.25, 0.3) is 0 Å². The number of ketones is 2. The largest absolute Gasteiger partial charge is 0.508 e. The summed E-state index contributed by atoms with van der Waals surface area (Å²) in [5.74, 6) is 0.917. The van der Waals surface area contributed by atoms with Crippen LogP contribution in [0.2, 0.25) is 0 Å². The van der Waals surface area contributed by atoms with Gasteiger partial charge in [0.05, 0.1) is 5.92 Å². The fourth-order valence-electron chi connectivity index (χ4n) is 3.06. The number of aromatic hydroxyl groups is 1. The Kier molecular flexibility index (Phi) is 3.61. The molecule has 2 atom stereocenters. The van der Waals surface area contributed by atoms with Crippen molar-refractivity contribution in [3.05, 3.63) is 59.2 Å². The molecule has 1 aromatic carbocycles. The number of phenols is 1. The number of Topliss-reactive ketones (excluding diaryl/α,β-unsaturated/α-hetero) is 1. The summed E-state index contributed by atoms with van der Waals surface area (Å²) < 4.78 is 0. The number of phenolic OH excluding ortho intramolecular Hbond substituents is 1. The number of carbonyl (C=O) groups is 2. The van der Waals surface area contributed by atoms with E-state index >= 15 is 0 Å². The van der Waals surface area contributed by atoms with Crippen molar-refractivity contribution < 1.29 is 19.5 Å². The van der Waals surface area contributed by atoms with Crippen LogP contribution in [0.1, 0.15) is 23.2 Å². The molecule has 0 heterocycles. The average molecular weight is 294 g/mol. The van der Waals surface area contributed by atoms with Crippen LogP contribution in [-0.4, -0.2) is 22.6 Å². The smallest absolute Gasteiger partial charge is 0.171 e. The first-order valence-electron chi connectivity index (χ1n) is 7.07. The number of allylic oxidation sites excluding steroid dienone is 5. The van der Waals surface area contributed by atoms with Gasteiger partial charge >= 0.3 is 0 Å². The van der Waals surface area contributed by atoms with Gasteiger partial charge in [-0.3, -0.25) is 9.59 Å². The number of hydrogen-bond donors (Lipinski definition) is 1. The highest BCUT2D eigenvalue weighted by Gasteiger charge is 2.38. The molecule has 4 nitrogen and oxygen atoms in total. The Morgan fingerprint density at radius 1 is 1.23 bits per heavy atom. The molecular formula is C18H14O4. The monoisotopic (exact) mass is 294 g/mol. The van der Waals surface area contributed by atoms with Crippen LogP contribution in [-0.2, 0) is 9.59 Å². The predicted molar refractivity (Wildman–Crippen MR) is 80.1 cm³/mol. The Morgan fingerprint density at radius 2 is 1.95 bits per heavy atom. The number of benzene rings is 1. The quantitative estimate of drug-likeness (QED) is 0.516. The van der Waals surface area contributed by atoms with Gasteiger partial charge < -0.3 is 5.11 Å². The average Bonchev–Trinajstić information content (AvgIpc) is 2.53. The highest BCUT2D eigenvalue weighted by molar-refractivity contribution is 6.02. The molecule has 0 fully saturated rings. The summed E-state index contributed by atoms with van der Waals surface area (Å²) >= 11 is 0. The van der Waals surface area contributed by atoms with E-state index in [4.69, 9.17) is 0 Å². The maximum Gasteiger partial charge on any atom is 0.171 e. The topological polar surface area (TPSA) is 71.4 Å². The maximum absolute atomic E-state index is 12.8. The Morgan fingerprint density at radius 3 is 2.64 bits per heavy atom. The first-order valence-corrected chi connectivity index (χ1v) is 7.07. The zero-order chi connectivity index (χ0) is 15.7. The standard InChI is InChI=1S/C18H14O4/c19-10-13-2-1-12-9-15(21)7-8-16(12)17(13)18(22)11-3-5-14(20)6-4-11/h1,3-8,16-17,20H,2,9H2. The molecule has 0 saturated carbocycles. The van der Waals surface area contributed by atoms with Crippen LogP contribution in [0, 0.1) is 11.8 Å². The van der Waals surface area contributed by atoms with Crippen molar-refractivity contribution >= 4 is 17.5 Å². The van der Waals surface area contributed by atoms with Crippen LogP contribution in [0.15, 0.2) is 53.6 Å². The second-order valence-corrected chi connectivity index (χ2v) is 5.53. The molecule has 0 spiro atoms. The third-order valence-corrected chi connectivity index (χ3v) is 4.18. The zero-order valence-corrected chi connectivity index (χ0v) is 11.8. The van der Waals surface area contributed by atoms with E-state index in [1.807, 2.05) is 12.0 Å². The van der Waals surface area contributed by atoms with Gasteiger partial charge in [0.2, 0.25) is 0 Å². The van der Waals surface area contributed by atoms with Gasteiger partial charge in [0.15, 0.2) is 11.6 Å². The number of fused-ring (bicyclic) bond motifs is 1. The van der Waals surface area contributed by atoms with Crippen molar-refractivity contribution in [1.29, 1.82) is 0 Å². The van der Waals surface area contributed by atoms with Crippen molar-refractivity contribution in [1.82, 2.24) is 0 Å². The van der Waals surface area contributed by atoms with Crippen LogP contribution in [0.25, 0.3) is 0 Å². The highest BCUT2D eigenvalue weighted by atomic mass is 16.3. The minimum Gasteiger partial charge on any atom is -0.508 e. The summed E-state index contributed by atoms with van der Waals surface area (Å²) in [5.41, 5.74) is 1.73. The normalized spacial score (nSPS) is 23.5. The van der Waals surface area contributed by atoms with Crippen molar-refractivity contribution in [2.45, 2.75) is 12.8 Å². The van der Waals surface area contributed by atoms with E-state index in [9.17, 15) is 19.5 Å². The molecule has 1 aromatic rings. The molecule has 2 aliphatic carbocycles. The lowest BCUT2D eigenvalue weighted by Crippen LogP contribution is -2.31. The number of rotatable bonds is 2. The second kappa shape index (κ2) is 5.58. The fourth-order valence-corrected chi connectivity index (χ4v) is 3.06. The maximum atomic E-state index is 12.8. The molecule has 0 bridgehead atoms. The molecule has 3 rings (SSSR count). The lowest BCUT2D eigenvalue weighted by atomic mass is 9.69. The third-order valence-electron chi connectivity index (χ3n) is 4.18. The first kappa shape index (κ1) is 14.2. The van der Waals surface area contributed by atoms with E-state index in [2.05, 4.69) is 0 Å². The van der Waals surface area contributed by atoms with E-state index < -0.39 is 5.92 Å². The summed E-state index contributed by atoms with van der Waals surface area (Å²) in [6.07, 6.45) is 5.69. The van der Waals surface area contributed by atoms with Gasteiger partial charge in [-0.05, 0) is 36.8 Å². The van der Waals surface area contributed by atoms with Gasteiger partial charge in [-0.2, -0.15) is 0 Å². The molecule has 0 saturated heterocycles. The molecule has 4 heteroatoms. The molecule has 2 unspecified atom stereocenters. The van der Waals surface area contributed by atoms with Crippen LogP contribution in [0.3, 0.4) is 0 Å². The lowest BCUT2D eigenvalue weighted by Gasteiger charge is -2.32. The van der Waals surface area contributed by atoms with Gasteiger partial charge in [-0.1, -0.05) is 17.7 Å². The summed E-state index contributed by atoms with van der Waals surface area (Å²) in [6, 6.07) is 5.96. The van der Waals surface area contributed by atoms with E-state index in [0.717, 1.165) is 5.57 Å². The van der Waals surface area contributed by atoms with Gasteiger partial charge in [0.1, 0.15) is 11.7 Å². The van der Waals surface area contributed by atoms with Crippen LogP contribution in [0.5, 0.6) is 5.75 Å². The highest BCUT2D eigenvalue weighted by Crippen LogP contribution is 2.40. The Bertz CT molecular complexity index is 746. The molecule has 0 aliphatic heterocycles. The molecule has 0 radical (unpaired) electrons. The molecule has 1 N–H and O–H groups in total. The molecular weight excluding hydrogens is 280 g/mol. The number of hydrogen-bond acceptors (Lipinski definition) is 4. The van der Waals surface area contributed by atoms with Crippen molar-refractivity contribution in [3.63, 3.8) is 0 Å². The van der Waals surface area contributed by atoms with E-state index in [-0.39, 0.29) is 23.2 Å². The minimum atomic E-state index is -0.619. The van der Waals surface area contributed by atoms with Crippen LogP contribution >= 0.6 is 0 Å². The summed E-state index contributed by atoms with van der Waals surface area (Å²) in [6.45, 7) is 0. The minimum absolute atomic E-state index is 0.0110. The van der Waals surface area contributed by atoms with E-state index in [1.165, 1.54) is 30.3 Å². The van der Waals surface area contributed by atoms with Gasteiger partial charge in [-0.15, -0.1) is 0 Å². The lowest BCUT2D eigenvalue weighted by molar-refractivity contribution is -0.114. The Labute approximate surface area is 127 Å². The molecule has 110 valence electrons. The number of carbonyl (C=O) groups excluding carboxylic acids is 3. The molecule has 0 amide bonds.